The van der Waals surface area contributed by atoms with Gasteiger partial charge >= 0.3 is 19.3 Å². The Labute approximate surface area is 89.1 Å². The van der Waals surface area contributed by atoms with Gasteiger partial charge in [-0.15, -0.1) is 0 Å². The van der Waals surface area contributed by atoms with Crippen LogP contribution in [0.3, 0.4) is 0 Å². The van der Waals surface area contributed by atoms with Crippen molar-refractivity contribution in [2.24, 2.45) is 0 Å². The third-order valence-electron chi connectivity index (χ3n) is 1.52. The van der Waals surface area contributed by atoms with E-state index < -0.39 is 43.7 Å². The molecule has 0 aromatic carbocycles. The minimum atomic E-state index is -2.85. The predicted octanol–water partition coefficient (Wildman–Crippen LogP) is -2.82. The Morgan fingerprint density at radius 2 is 1.62 bits per heavy atom. The molecule has 0 radical (unpaired) electrons. The van der Waals surface area contributed by atoms with Crippen LogP contribution in [0.4, 0.5) is 0 Å². The van der Waals surface area contributed by atoms with Crippen LogP contribution in [0.1, 0.15) is 12.8 Å². The van der Waals surface area contributed by atoms with Crippen LogP contribution in [-0.4, -0.2) is 56.2 Å². The van der Waals surface area contributed by atoms with Crippen LogP contribution in [-0.2, 0) is 19.0 Å². The zero-order valence-electron chi connectivity index (χ0n) is 7.86. The van der Waals surface area contributed by atoms with Crippen molar-refractivity contribution in [2.45, 2.75) is 18.4 Å². The van der Waals surface area contributed by atoms with Gasteiger partial charge in [-0.2, -0.15) is 0 Å². The third kappa shape index (κ3) is 4.73. The Morgan fingerprint density at radius 3 is 1.94 bits per heavy atom. The van der Waals surface area contributed by atoms with Crippen LogP contribution < -0.4 is 0 Å². The van der Waals surface area contributed by atoms with Crippen molar-refractivity contribution in [1.29, 1.82) is 0 Å². The maximum atomic E-state index is 10.8. The predicted molar refractivity (Wildman–Crippen MR) is 45.7 cm³/mol. The average molecular weight is 236 g/mol. The van der Waals surface area contributed by atoms with Crippen LogP contribution >= 0.6 is 0 Å². The molecule has 0 saturated carbocycles. The van der Waals surface area contributed by atoms with E-state index in [4.69, 9.17) is 20.3 Å². The molecule has 1 atom stereocenters. The number of carbonyl (C=O) groups excluding carboxylic acids is 1. The molecule has 0 aromatic heterocycles. The standard InChI is InChI=1S/C6H9BO9/c8-3(9)1-6(13,5(11)12)2-4(10)16-7(14)15/h13-15H,1-2H2,(H,8,9)(H,11,12). The molecule has 1 unspecified atom stereocenters. The van der Waals surface area contributed by atoms with E-state index >= 15 is 0 Å². The van der Waals surface area contributed by atoms with Crippen LogP contribution in [0.5, 0.6) is 0 Å². The van der Waals surface area contributed by atoms with Gasteiger partial charge in [0.15, 0.2) is 5.60 Å². The molecule has 10 heteroatoms. The summed E-state index contributed by atoms with van der Waals surface area (Å²) >= 11 is 0. The van der Waals surface area contributed by atoms with E-state index in [1.54, 1.807) is 0 Å². The van der Waals surface area contributed by atoms with Crippen molar-refractivity contribution in [2.75, 3.05) is 0 Å². The molecule has 16 heavy (non-hydrogen) atoms. The molecule has 0 saturated heterocycles. The molecule has 0 aliphatic carbocycles. The van der Waals surface area contributed by atoms with Crippen molar-refractivity contribution in [3.8, 4) is 0 Å². The number of carboxylic acid groups (broad SMARTS) is 2. The van der Waals surface area contributed by atoms with Gasteiger partial charge in [0.2, 0.25) is 0 Å². The fourth-order valence-corrected chi connectivity index (χ4v) is 0.862. The number of hydrogen-bond donors (Lipinski definition) is 5. The molecule has 0 fully saturated rings. The highest BCUT2D eigenvalue weighted by atomic mass is 16.6. The molecule has 0 aliphatic heterocycles. The molecule has 0 amide bonds. The summed E-state index contributed by atoms with van der Waals surface area (Å²) in [5, 5.41) is 42.5. The topological polar surface area (TPSA) is 162 Å². The lowest BCUT2D eigenvalue weighted by Crippen LogP contribution is -2.43. The van der Waals surface area contributed by atoms with E-state index in [1.807, 2.05) is 0 Å². The Morgan fingerprint density at radius 1 is 1.12 bits per heavy atom. The van der Waals surface area contributed by atoms with E-state index in [2.05, 4.69) is 4.65 Å². The first-order valence-corrected chi connectivity index (χ1v) is 3.90. The van der Waals surface area contributed by atoms with E-state index in [-0.39, 0.29) is 0 Å². The van der Waals surface area contributed by atoms with E-state index in [9.17, 15) is 19.5 Å². The van der Waals surface area contributed by atoms with Crippen LogP contribution in [0.2, 0.25) is 0 Å². The van der Waals surface area contributed by atoms with Gasteiger partial charge in [-0.25, -0.2) is 4.79 Å². The van der Waals surface area contributed by atoms with Crippen molar-refractivity contribution >= 4 is 25.2 Å². The molecular weight excluding hydrogens is 227 g/mol. The fourth-order valence-electron chi connectivity index (χ4n) is 0.862. The summed E-state index contributed by atoms with van der Waals surface area (Å²) in [5.74, 6) is -5.03. The van der Waals surface area contributed by atoms with Gasteiger partial charge in [0.25, 0.3) is 5.97 Å². The lowest BCUT2D eigenvalue weighted by molar-refractivity contribution is -0.170. The lowest BCUT2D eigenvalue weighted by Gasteiger charge is -2.20. The molecule has 0 rings (SSSR count). The summed E-state index contributed by atoms with van der Waals surface area (Å²) in [6, 6.07) is 0. The molecule has 0 bridgehead atoms. The second-order valence-corrected chi connectivity index (χ2v) is 2.90. The summed E-state index contributed by atoms with van der Waals surface area (Å²) in [6.07, 6.45) is -2.44. The van der Waals surface area contributed by atoms with Crippen LogP contribution in [0.25, 0.3) is 0 Å². The highest BCUT2D eigenvalue weighted by Gasteiger charge is 2.42. The summed E-state index contributed by atoms with van der Waals surface area (Å²) in [6.45, 7) is 0. The first-order chi connectivity index (χ1) is 7.17. The monoisotopic (exact) mass is 236 g/mol. The van der Waals surface area contributed by atoms with Gasteiger partial charge in [-0.05, 0) is 0 Å². The molecule has 0 spiro atoms. The Hall–Kier alpha value is -1.65. The molecule has 9 nitrogen and oxygen atoms in total. The number of rotatable bonds is 6. The maximum absolute atomic E-state index is 10.8. The van der Waals surface area contributed by atoms with Gasteiger partial charge in [-0.1, -0.05) is 0 Å². The molecule has 90 valence electrons. The number of hydrogen-bond acceptors (Lipinski definition) is 7. The second-order valence-electron chi connectivity index (χ2n) is 2.90. The Balaban J connectivity index is 4.62. The largest absolute Gasteiger partial charge is 0.709 e. The van der Waals surface area contributed by atoms with E-state index in [0.717, 1.165) is 0 Å². The van der Waals surface area contributed by atoms with Gasteiger partial charge in [-0.3, -0.25) is 9.59 Å². The zero-order chi connectivity index (χ0) is 12.9. The summed E-state index contributed by atoms with van der Waals surface area (Å²) in [5.41, 5.74) is -2.85. The van der Waals surface area contributed by atoms with Gasteiger partial charge in [0.1, 0.15) is 0 Å². The molecular formula is C6H9BO9. The average Bonchev–Trinajstić information content (AvgIpc) is 1.98. The summed E-state index contributed by atoms with van der Waals surface area (Å²) in [4.78, 5) is 31.6. The minimum absolute atomic E-state index is 1.22. The summed E-state index contributed by atoms with van der Waals surface area (Å²) < 4.78 is 3.73. The lowest BCUT2D eigenvalue weighted by atomic mass is 9.95. The van der Waals surface area contributed by atoms with Gasteiger partial charge < -0.3 is 30.0 Å². The van der Waals surface area contributed by atoms with Crippen molar-refractivity contribution in [3.05, 3.63) is 0 Å². The molecule has 5 N–H and O–H groups in total. The van der Waals surface area contributed by atoms with Gasteiger partial charge in [0, 0.05) is 0 Å². The number of aliphatic carboxylic acids is 2. The Kier molecular flexibility index (Phi) is 4.88. The van der Waals surface area contributed by atoms with Crippen LogP contribution in [0, 0.1) is 0 Å². The number of carbonyl (C=O) groups is 3. The van der Waals surface area contributed by atoms with E-state index in [1.165, 1.54) is 0 Å². The first kappa shape index (κ1) is 14.4. The Bertz CT molecular complexity index is 300. The van der Waals surface area contributed by atoms with E-state index in [0.29, 0.717) is 0 Å². The van der Waals surface area contributed by atoms with Crippen molar-refractivity contribution < 1.29 is 44.4 Å². The second kappa shape index (κ2) is 5.44. The normalized spacial score (nSPS) is 13.7. The fraction of sp³-hybridized carbons (Fsp3) is 0.500. The summed E-state index contributed by atoms with van der Waals surface area (Å²) in [7, 11) is -2.46. The maximum Gasteiger partial charge on any atom is 0.709 e. The molecule has 0 aliphatic rings. The third-order valence-corrected chi connectivity index (χ3v) is 1.52. The number of aliphatic hydroxyl groups is 1. The van der Waals surface area contributed by atoms with Crippen molar-refractivity contribution in [3.63, 3.8) is 0 Å². The van der Waals surface area contributed by atoms with Crippen LogP contribution in [0.15, 0.2) is 0 Å². The molecule has 0 aromatic rings. The minimum Gasteiger partial charge on any atom is -0.485 e. The highest BCUT2D eigenvalue weighted by Crippen LogP contribution is 2.16. The van der Waals surface area contributed by atoms with Crippen molar-refractivity contribution in [1.82, 2.24) is 0 Å². The molecule has 0 heterocycles. The first-order valence-electron chi connectivity index (χ1n) is 3.90. The van der Waals surface area contributed by atoms with Gasteiger partial charge in [0.05, 0.1) is 12.8 Å². The smallest absolute Gasteiger partial charge is 0.485 e. The SMILES string of the molecule is O=C(O)CC(O)(CC(=O)OB(O)O)C(=O)O. The highest BCUT2D eigenvalue weighted by molar-refractivity contribution is 6.35. The number of carboxylic acids is 2. The quantitative estimate of drug-likeness (QED) is 0.306. The zero-order valence-corrected chi connectivity index (χ0v) is 7.86.